The lowest BCUT2D eigenvalue weighted by Gasteiger charge is -2.26. The lowest BCUT2D eigenvalue weighted by Crippen LogP contribution is -2.41. The first kappa shape index (κ1) is 16.3. The highest BCUT2D eigenvalue weighted by molar-refractivity contribution is 5.91. The van der Waals surface area contributed by atoms with Crippen LogP contribution in [0.3, 0.4) is 0 Å². The van der Waals surface area contributed by atoms with E-state index in [9.17, 15) is 9.90 Å². The number of carbonyl (C=O) groups excluding carboxylic acids is 1. The topological polar surface area (TPSA) is 71.0 Å². The molecule has 0 aliphatic carbocycles. The molecule has 0 unspecified atom stereocenters. The third-order valence-corrected chi connectivity index (χ3v) is 3.46. The number of phenolic OH excluding ortho intramolecular Hbond substituents is 1. The van der Waals surface area contributed by atoms with E-state index in [2.05, 4.69) is 10.2 Å². The van der Waals surface area contributed by atoms with Crippen LogP contribution in [-0.4, -0.2) is 62.4 Å². The van der Waals surface area contributed by atoms with Crippen LogP contribution in [0, 0.1) is 0 Å². The Morgan fingerprint density at radius 3 is 2.95 bits per heavy atom. The molecule has 0 bridgehead atoms. The number of nitrogens with one attached hydrogen (secondary N) is 1. The number of nitrogens with zero attached hydrogens (tertiary/aromatic N) is 1. The van der Waals surface area contributed by atoms with E-state index in [-0.39, 0.29) is 11.7 Å². The Balaban J connectivity index is 1.76. The monoisotopic (exact) mass is 306 g/mol. The molecule has 2 rings (SSSR count). The van der Waals surface area contributed by atoms with Gasteiger partial charge in [0.15, 0.2) is 11.5 Å². The first-order valence-corrected chi connectivity index (χ1v) is 7.32. The Morgan fingerprint density at radius 1 is 1.45 bits per heavy atom. The normalized spacial score (nSPS) is 15.9. The van der Waals surface area contributed by atoms with E-state index < -0.39 is 0 Å². The van der Waals surface area contributed by atoms with Crippen molar-refractivity contribution in [2.45, 2.75) is 0 Å². The van der Waals surface area contributed by atoms with E-state index in [4.69, 9.17) is 9.47 Å². The lowest BCUT2D eigenvalue weighted by atomic mass is 10.2. The van der Waals surface area contributed by atoms with E-state index >= 15 is 0 Å². The minimum atomic E-state index is -0.139. The third kappa shape index (κ3) is 5.05. The number of morpholine rings is 1. The second-order valence-electron chi connectivity index (χ2n) is 5.01. The number of amides is 1. The molecule has 0 radical (unpaired) electrons. The van der Waals surface area contributed by atoms with Crippen LogP contribution in [0.25, 0.3) is 6.08 Å². The van der Waals surface area contributed by atoms with Crippen molar-refractivity contribution in [1.82, 2.24) is 10.2 Å². The smallest absolute Gasteiger partial charge is 0.244 e. The first-order valence-electron chi connectivity index (χ1n) is 7.32. The molecule has 1 aliphatic rings. The standard InChI is InChI=1S/C16H22N2O4/c1-21-15-12-13(2-4-14(15)19)3-5-16(20)17-6-7-18-8-10-22-11-9-18/h2-5,12,19H,6-11H2,1H3,(H,17,20)/b5-3+. The largest absolute Gasteiger partial charge is 0.504 e. The summed E-state index contributed by atoms with van der Waals surface area (Å²) in [5.41, 5.74) is 0.790. The van der Waals surface area contributed by atoms with Crippen molar-refractivity contribution < 1.29 is 19.4 Å². The summed E-state index contributed by atoms with van der Waals surface area (Å²) in [5, 5.41) is 12.4. The fraction of sp³-hybridized carbons (Fsp3) is 0.438. The average molecular weight is 306 g/mol. The average Bonchev–Trinajstić information content (AvgIpc) is 2.55. The predicted octanol–water partition coefficient (Wildman–Crippen LogP) is 0.862. The van der Waals surface area contributed by atoms with Gasteiger partial charge in [0.25, 0.3) is 0 Å². The molecule has 1 fully saturated rings. The van der Waals surface area contributed by atoms with Gasteiger partial charge in [0, 0.05) is 32.3 Å². The van der Waals surface area contributed by atoms with Gasteiger partial charge >= 0.3 is 0 Å². The molecule has 1 heterocycles. The fourth-order valence-corrected chi connectivity index (χ4v) is 2.19. The Kier molecular flexibility index (Phi) is 6.24. The number of rotatable bonds is 6. The molecule has 1 amide bonds. The SMILES string of the molecule is COc1cc(/C=C/C(=O)NCCN2CCOCC2)ccc1O. The number of carbonyl (C=O) groups is 1. The van der Waals surface area contributed by atoms with Gasteiger partial charge in [0.2, 0.25) is 5.91 Å². The minimum Gasteiger partial charge on any atom is -0.504 e. The second-order valence-corrected chi connectivity index (χ2v) is 5.01. The highest BCUT2D eigenvalue weighted by atomic mass is 16.5. The summed E-state index contributed by atoms with van der Waals surface area (Å²) in [5.74, 6) is 0.324. The number of hydrogen-bond acceptors (Lipinski definition) is 5. The predicted molar refractivity (Wildman–Crippen MR) is 84.0 cm³/mol. The van der Waals surface area contributed by atoms with Gasteiger partial charge < -0.3 is 19.9 Å². The molecule has 2 N–H and O–H groups in total. The Labute approximate surface area is 130 Å². The fourth-order valence-electron chi connectivity index (χ4n) is 2.19. The number of benzene rings is 1. The van der Waals surface area contributed by atoms with Gasteiger partial charge in [0.1, 0.15) is 0 Å². The summed E-state index contributed by atoms with van der Waals surface area (Å²) in [6.07, 6.45) is 3.16. The summed E-state index contributed by atoms with van der Waals surface area (Å²) in [6.45, 7) is 4.79. The van der Waals surface area contributed by atoms with Gasteiger partial charge in [-0.3, -0.25) is 9.69 Å². The first-order chi connectivity index (χ1) is 10.7. The third-order valence-electron chi connectivity index (χ3n) is 3.46. The second kappa shape index (κ2) is 8.41. The van der Waals surface area contributed by atoms with Gasteiger partial charge in [-0.05, 0) is 23.8 Å². The number of ether oxygens (including phenoxy) is 2. The molecule has 1 aromatic carbocycles. The summed E-state index contributed by atoms with van der Waals surface area (Å²) >= 11 is 0. The Bertz CT molecular complexity index is 525. The zero-order chi connectivity index (χ0) is 15.8. The molecule has 6 nitrogen and oxygen atoms in total. The van der Waals surface area contributed by atoms with Crippen LogP contribution in [-0.2, 0) is 9.53 Å². The van der Waals surface area contributed by atoms with Gasteiger partial charge in [0.05, 0.1) is 20.3 Å². The summed E-state index contributed by atoms with van der Waals surface area (Å²) < 4.78 is 10.3. The van der Waals surface area contributed by atoms with Crippen molar-refractivity contribution in [3.8, 4) is 11.5 Å². The minimum absolute atomic E-state index is 0.0783. The van der Waals surface area contributed by atoms with Crippen molar-refractivity contribution >= 4 is 12.0 Å². The molecular formula is C16H22N2O4. The summed E-state index contributed by atoms with van der Waals surface area (Å²) in [7, 11) is 1.49. The van der Waals surface area contributed by atoms with Crippen LogP contribution in [0.1, 0.15) is 5.56 Å². The Hall–Kier alpha value is -2.05. The van der Waals surface area contributed by atoms with Crippen LogP contribution < -0.4 is 10.1 Å². The number of methoxy groups -OCH3 is 1. The van der Waals surface area contributed by atoms with Crippen molar-refractivity contribution in [3.05, 3.63) is 29.8 Å². The zero-order valence-electron chi connectivity index (χ0n) is 12.7. The van der Waals surface area contributed by atoms with Crippen molar-refractivity contribution in [3.63, 3.8) is 0 Å². The number of aromatic hydroxyl groups is 1. The number of hydrogen-bond donors (Lipinski definition) is 2. The molecule has 1 aromatic rings. The van der Waals surface area contributed by atoms with E-state index in [1.54, 1.807) is 18.2 Å². The molecule has 22 heavy (non-hydrogen) atoms. The maximum Gasteiger partial charge on any atom is 0.244 e. The molecule has 6 heteroatoms. The Morgan fingerprint density at radius 2 is 2.23 bits per heavy atom. The van der Waals surface area contributed by atoms with Crippen LogP contribution in [0.5, 0.6) is 11.5 Å². The molecular weight excluding hydrogens is 284 g/mol. The van der Waals surface area contributed by atoms with E-state index in [0.29, 0.717) is 12.3 Å². The quantitative estimate of drug-likeness (QED) is 0.763. The van der Waals surface area contributed by atoms with Crippen LogP contribution in [0.4, 0.5) is 0 Å². The van der Waals surface area contributed by atoms with Gasteiger partial charge in [-0.25, -0.2) is 0 Å². The molecule has 0 spiro atoms. The van der Waals surface area contributed by atoms with Crippen molar-refractivity contribution in [2.24, 2.45) is 0 Å². The van der Waals surface area contributed by atoms with E-state index in [0.717, 1.165) is 38.4 Å². The number of phenols is 1. The van der Waals surface area contributed by atoms with Gasteiger partial charge in [-0.1, -0.05) is 6.07 Å². The lowest BCUT2D eigenvalue weighted by molar-refractivity contribution is -0.116. The maximum atomic E-state index is 11.8. The molecule has 0 atom stereocenters. The van der Waals surface area contributed by atoms with E-state index in [1.165, 1.54) is 19.3 Å². The van der Waals surface area contributed by atoms with Crippen molar-refractivity contribution in [2.75, 3.05) is 46.5 Å². The van der Waals surface area contributed by atoms with Gasteiger partial charge in [-0.2, -0.15) is 0 Å². The zero-order valence-corrected chi connectivity index (χ0v) is 12.7. The highest BCUT2D eigenvalue weighted by Crippen LogP contribution is 2.26. The van der Waals surface area contributed by atoms with Gasteiger partial charge in [-0.15, -0.1) is 0 Å². The van der Waals surface area contributed by atoms with Crippen LogP contribution in [0.2, 0.25) is 0 Å². The molecule has 120 valence electrons. The van der Waals surface area contributed by atoms with Crippen molar-refractivity contribution in [1.29, 1.82) is 0 Å². The molecule has 0 saturated carbocycles. The summed E-state index contributed by atoms with van der Waals surface area (Å²) in [6, 6.07) is 4.93. The highest BCUT2D eigenvalue weighted by Gasteiger charge is 2.09. The van der Waals surface area contributed by atoms with Crippen LogP contribution in [0.15, 0.2) is 24.3 Å². The molecule has 0 aromatic heterocycles. The summed E-state index contributed by atoms with van der Waals surface area (Å²) in [4.78, 5) is 14.0. The molecule has 1 saturated heterocycles. The molecule has 1 aliphatic heterocycles. The van der Waals surface area contributed by atoms with Crippen LogP contribution >= 0.6 is 0 Å². The van der Waals surface area contributed by atoms with E-state index in [1.807, 2.05) is 0 Å². The maximum absolute atomic E-state index is 11.8.